The van der Waals surface area contributed by atoms with Gasteiger partial charge in [0.25, 0.3) is 0 Å². The van der Waals surface area contributed by atoms with Gasteiger partial charge in [-0.05, 0) is 17.9 Å². The molecule has 4 heteroatoms. The molecule has 3 nitrogen and oxygen atoms in total. The van der Waals surface area contributed by atoms with Crippen LogP contribution in [0.2, 0.25) is 0 Å². The average molecular weight is 212 g/mol. The van der Waals surface area contributed by atoms with Crippen molar-refractivity contribution < 1.29 is 4.79 Å². The number of hydrogen-bond acceptors (Lipinski definition) is 3. The highest BCUT2D eigenvalue weighted by Gasteiger charge is 2.19. The molecule has 0 aliphatic heterocycles. The van der Waals surface area contributed by atoms with Crippen molar-refractivity contribution in [2.24, 2.45) is 5.84 Å². The van der Waals surface area contributed by atoms with Crippen molar-refractivity contribution in [1.82, 2.24) is 5.43 Å². The Labute approximate surface area is 88.3 Å². The highest BCUT2D eigenvalue weighted by atomic mass is 32.1. The fourth-order valence-electron chi connectivity index (χ4n) is 1.40. The van der Waals surface area contributed by atoms with Gasteiger partial charge in [-0.15, -0.1) is 11.3 Å². The van der Waals surface area contributed by atoms with Crippen molar-refractivity contribution in [3.8, 4) is 0 Å². The van der Waals surface area contributed by atoms with Gasteiger partial charge in [-0.25, -0.2) is 5.84 Å². The molecule has 0 aliphatic carbocycles. The summed E-state index contributed by atoms with van der Waals surface area (Å²) >= 11 is 1.61. The minimum atomic E-state index is -0.0825. The number of hydrogen-bond donors (Lipinski definition) is 2. The summed E-state index contributed by atoms with van der Waals surface area (Å²) < 4.78 is 0. The molecule has 1 amide bonds. The lowest BCUT2D eigenvalue weighted by atomic mass is 10.00. The van der Waals surface area contributed by atoms with Gasteiger partial charge in [0, 0.05) is 4.88 Å². The summed E-state index contributed by atoms with van der Waals surface area (Å²) in [5.41, 5.74) is 2.23. The highest BCUT2D eigenvalue weighted by Crippen LogP contribution is 2.26. The Balaban J connectivity index is 2.67. The van der Waals surface area contributed by atoms with E-state index in [9.17, 15) is 4.79 Å². The molecule has 0 spiro atoms. The first-order valence-electron chi connectivity index (χ1n) is 4.83. The monoisotopic (exact) mass is 212 g/mol. The Kier molecular flexibility index (Phi) is 4.62. The van der Waals surface area contributed by atoms with Crippen molar-refractivity contribution in [2.75, 3.05) is 0 Å². The molecule has 1 unspecified atom stereocenters. The van der Waals surface area contributed by atoms with Gasteiger partial charge in [0.2, 0.25) is 5.91 Å². The summed E-state index contributed by atoms with van der Waals surface area (Å²) in [4.78, 5) is 12.6. The summed E-state index contributed by atoms with van der Waals surface area (Å²) in [6.07, 6.45) is 3.02. The van der Waals surface area contributed by atoms with Crippen molar-refractivity contribution in [1.29, 1.82) is 0 Å². The Morgan fingerprint density at radius 2 is 2.50 bits per heavy atom. The van der Waals surface area contributed by atoms with Gasteiger partial charge in [-0.2, -0.15) is 0 Å². The largest absolute Gasteiger partial charge is 0.294 e. The SMILES string of the molecule is CCCCC(C(=O)NN)c1cccs1. The Morgan fingerprint density at radius 3 is 3.00 bits per heavy atom. The van der Waals surface area contributed by atoms with E-state index in [-0.39, 0.29) is 11.8 Å². The van der Waals surface area contributed by atoms with Crippen LogP contribution in [0.1, 0.15) is 37.0 Å². The first kappa shape index (κ1) is 11.2. The third-order valence-electron chi connectivity index (χ3n) is 2.19. The number of nitrogens with two attached hydrogens (primary N) is 1. The fraction of sp³-hybridized carbons (Fsp3) is 0.500. The van der Waals surface area contributed by atoms with Crippen molar-refractivity contribution >= 4 is 17.2 Å². The molecule has 0 aliphatic rings. The smallest absolute Gasteiger partial charge is 0.242 e. The summed E-state index contributed by atoms with van der Waals surface area (Å²) in [6, 6.07) is 3.95. The van der Waals surface area contributed by atoms with Crippen LogP contribution in [0.4, 0.5) is 0 Å². The molecule has 0 aromatic carbocycles. The number of carbonyl (C=O) groups is 1. The van der Waals surface area contributed by atoms with E-state index in [1.165, 1.54) is 0 Å². The Hall–Kier alpha value is -0.870. The van der Waals surface area contributed by atoms with Crippen LogP contribution in [0.5, 0.6) is 0 Å². The predicted octanol–water partition coefficient (Wildman–Crippen LogP) is 2.01. The van der Waals surface area contributed by atoms with Crippen LogP contribution in [0, 0.1) is 0 Å². The third kappa shape index (κ3) is 2.82. The van der Waals surface area contributed by atoms with E-state index in [2.05, 4.69) is 12.3 Å². The van der Waals surface area contributed by atoms with Gasteiger partial charge in [0.15, 0.2) is 0 Å². The second kappa shape index (κ2) is 5.78. The van der Waals surface area contributed by atoms with Crippen molar-refractivity contribution in [3.63, 3.8) is 0 Å². The number of thiophene rings is 1. The summed E-state index contributed by atoms with van der Waals surface area (Å²) in [5.74, 6) is 5.00. The molecule has 0 saturated heterocycles. The number of hydrazine groups is 1. The molecule has 1 rings (SSSR count). The van der Waals surface area contributed by atoms with Gasteiger partial charge in [-0.1, -0.05) is 25.8 Å². The van der Waals surface area contributed by atoms with Gasteiger partial charge < -0.3 is 0 Å². The molecular weight excluding hydrogens is 196 g/mol. The van der Waals surface area contributed by atoms with E-state index in [0.717, 1.165) is 24.1 Å². The maximum atomic E-state index is 11.5. The maximum Gasteiger partial charge on any atom is 0.242 e. The van der Waals surface area contributed by atoms with Crippen molar-refractivity contribution in [2.45, 2.75) is 32.1 Å². The number of amides is 1. The van der Waals surface area contributed by atoms with E-state index < -0.39 is 0 Å². The van der Waals surface area contributed by atoms with E-state index in [0.29, 0.717) is 0 Å². The van der Waals surface area contributed by atoms with Crippen molar-refractivity contribution in [3.05, 3.63) is 22.4 Å². The fourth-order valence-corrected chi connectivity index (χ4v) is 2.26. The Morgan fingerprint density at radius 1 is 1.71 bits per heavy atom. The van der Waals surface area contributed by atoms with E-state index in [1.807, 2.05) is 17.5 Å². The van der Waals surface area contributed by atoms with Crippen LogP contribution >= 0.6 is 11.3 Å². The topological polar surface area (TPSA) is 55.1 Å². The Bertz CT molecular complexity index is 272. The summed E-state index contributed by atoms with van der Waals surface area (Å²) in [7, 11) is 0. The molecule has 1 aromatic heterocycles. The average Bonchev–Trinajstić information content (AvgIpc) is 2.71. The predicted molar refractivity (Wildman–Crippen MR) is 58.9 cm³/mol. The lowest BCUT2D eigenvalue weighted by Gasteiger charge is -2.12. The van der Waals surface area contributed by atoms with E-state index in [1.54, 1.807) is 11.3 Å². The van der Waals surface area contributed by atoms with E-state index >= 15 is 0 Å². The first-order chi connectivity index (χ1) is 6.79. The second-order valence-electron chi connectivity index (χ2n) is 3.22. The highest BCUT2D eigenvalue weighted by molar-refractivity contribution is 7.10. The lowest BCUT2D eigenvalue weighted by molar-refractivity contribution is -0.122. The minimum Gasteiger partial charge on any atom is -0.294 e. The third-order valence-corrected chi connectivity index (χ3v) is 3.18. The minimum absolute atomic E-state index is 0.0695. The van der Waals surface area contributed by atoms with E-state index in [4.69, 9.17) is 5.84 Å². The number of rotatable bonds is 5. The molecule has 78 valence electrons. The maximum absolute atomic E-state index is 11.5. The zero-order valence-corrected chi connectivity index (χ0v) is 9.14. The molecule has 0 radical (unpaired) electrons. The normalized spacial score (nSPS) is 12.4. The van der Waals surface area contributed by atoms with Crippen LogP contribution in [0.15, 0.2) is 17.5 Å². The molecule has 0 fully saturated rings. The van der Waals surface area contributed by atoms with Crippen LogP contribution < -0.4 is 11.3 Å². The lowest BCUT2D eigenvalue weighted by Crippen LogP contribution is -2.34. The molecule has 0 saturated carbocycles. The van der Waals surface area contributed by atoms with Gasteiger partial charge in [0.05, 0.1) is 5.92 Å². The molecule has 0 bridgehead atoms. The van der Waals surface area contributed by atoms with Crippen LogP contribution in [0.25, 0.3) is 0 Å². The number of unbranched alkanes of at least 4 members (excludes halogenated alkanes) is 1. The zero-order valence-electron chi connectivity index (χ0n) is 8.32. The van der Waals surface area contributed by atoms with Gasteiger partial charge >= 0.3 is 0 Å². The van der Waals surface area contributed by atoms with Crippen LogP contribution in [-0.2, 0) is 4.79 Å². The first-order valence-corrected chi connectivity index (χ1v) is 5.71. The molecule has 1 aromatic rings. The zero-order chi connectivity index (χ0) is 10.4. The molecule has 1 atom stereocenters. The van der Waals surface area contributed by atoms with Gasteiger partial charge in [-0.3, -0.25) is 10.2 Å². The molecule has 14 heavy (non-hydrogen) atoms. The number of nitrogens with one attached hydrogen (secondary N) is 1. The van der Waals surface area contributed by atoms with Crippen LogP contribution in [0.3, 0.4) is 0 Å². The standard InChI is InChI=1S/C10H16N2OS/c1-2-3-5-8(10(13)12-11)9-6-4-7-14-9/h4,6-8H,2-3,5,11H2,1H3,(H,12,13). The number of carbonyl (C=O) groups excluding carboxylic acids is 1. The summed E-state index contributed by atoms with van der Waals surface area (Å²) in [5, 5.41) is 1.98. The van der Waals surface area contributed by atoms with Gasteiger partial charge in [0.1, 0.15) is 0 Å². The molecule has 3 N–H and O–H groups in total. The van der Waals surface area contributed by atoms with Crippen LogP contribution in [-0.4, -0.2) is 5.91 Å². The molecule has 1 heterocycles. The quantitative estimate of drug-likeness (QED) is 0.445. The molecular formula is C10H16N2OS. The summed E-state index contributed by atoms with van der Waals surface area (Å²) in [6.45, 7) is 2.12. The second-order valence-corrected chi connectivity index (χ2v) is 4.20.